The molecular weight excluding hydrogens is 262 g/mol. The quantitative estimate of drug-likeness (QED) is 0.803. The Morgan fingerprint density at radius 1 is 1.24 bits per heavy atom. The largest absolute Gasteiger partial charge is 0.465 e. The Kier molecular flexibility index (Phi) is 4.20. The van der Waals surface area contributed by atoms with Crippen LogP contribution in [0.5, 0.6) is 0 Å². The van der Waals surface area contributed by atoms with Gasteiger partial charge in [-0.05, 0) is 43.0 Å². The molecule has 1 aliphatic rings. The van der Waals surface area contributed by atoms with E-state index in [9.17, 15) is 4.79 Å². The van der Waals surface area contributed by atoms with Gasteiger partial charge in [0.2, 0.25) is 5.91 Å². The first-order chi connectivity index (χ1) is 10.3. The number of amides is 1. The molecule has 1 aliphatic heterocycles. The number of furan rings is 1. The van der Waals surface area contributed by atoms with E-state index in [-0.39, 0.29) is 5.91 Å². The van der Waals surface area contributed by atoms with Crippen LogP contribution in [-0.2, 0) is 11.2 Å². The molecule has 21 heavy (non-hydrogen) atoms. The molecule has 1 aromatic heterocycles. The third-order valence-corrected chi connectivity index (χ3v) is 3.91. The SMILES string of the molecule is O=C(/C=C/c1ccco1)N1CCCC1Cc1ccccc1. The van der Waals surface area contributed by atoms with Crippen LogP contribution >= 0.6 is 0 Å². The molecule has 1 fully saturated rings. The van der Waals surface area contributed by atoms with Gasteiger partial charge in [-0.2, -0.15) is 0 Å². The second kappa shape index (κ2) is 6.44. The predicted octanol–water partition coefficient (Wildman–Crippen LogP) is 3.53. The Morgan fingerprint density at radius 3 is 2.86 bits per heavy atom. The highest BCUT2D eigenvalue weighted by Crippen LogP contribution is 2.21. The van der Waals surface area contributed by atoms with E-state index in [2.05, 4.69) is 12.1 Å². The Balaban J connectivity index is 1.65. The van der Waals surface area contributed by atoms with Gasteiger partial charge in [-0.15, -0.1) is 0 Å². The summed E-state index contributed by atoms with van der Waals surface area (Å²) < 4.78 is 5.21. The first-order valence-corrected chi connectivity index (χ1v) is 7.39. The van der Waals surface area contributed by atoms with Gasteiger partial charge in [0, 0.05) is 18.7 Å². The summed E-state index contributed by atoms with van der Waals surface area (Å²) in [5.41, 5.74) is 1.29. The Hall–Kier alpha value is -2.29. The fourth-order valence-electron chi connectivity index (χ4n) is 2.86. The Labute approximate surface area is 124 Å². The van der Waals surface area contributed by atoms with E-state index in [1.54, 1.807) is 18.4 Å². The van der Waals surface area contributed by atoms with Crippen LogP contribution in [0.4, 0.5) is 0 Å². The lowest BCUT2D eigenvalue weighted by Gasteiger charge is -2.23. The molecule has 0 N–H and O–H groups in total. The number of hydrogen-bond donors (Lipinski definition) is 0. The van der Waals surface area contributed by atoms with Gasteiger partial charge in [0.1, 0.15) is 5.76 Å². The molecule has 3 heteroatoms. The summed E-state index contributed by atoms with van der Waals surface area (Å²) >= 11 is 0. The van der Waals surface area contributed by atoms with Gasteiger partial charge in [0.05, 0.1) is 6.26 Å². The normalized spacial score (nSPS) is 18.5. The number of likely N-dealkylation sites (tertiary alicyclic amines) is 1. The van der Waals surface area contributed by atoms with Crippen LogP contribution in [0.15, 0.2) is 59.2 Å². The van der Waals surface area contributed by atoms with Crippen LogP contribution in [0, 0.1) is 0 Å². The van der Waals surface area contributed by atoms with Crippen LogP contribution in [0.2, 0.25) is 0 Å². The summed E-state index contributed by atoms with van der Waals surface area (Å²) in [6.45, 7) is 0.846. The first-order valence-electron chi connectivity index (χ1n) is 7.39. The maximum atomic E-state index is 12.3. The minimum Gasteiger partial charge on any atom is -0.465 e. The fourth-order valence-corrected chi connectivity index (χ4v) is 2.86. The van der Waals surface area contributed by atoms with E-state index < -0.39 is 0 Å². The molecule has 108 valence electrons. The molecule has 0 aliphatic carbocycles. The molecule has 0 spiro atoms. The lowest BCUT2D eigenvalue weighted by molar-refractivity contribution is -0.126. The molecule has 3 rings (SSSR count). The van der Waals surface area contributed by atoms with E-state index in [0.29, 0.717) is 11.8 Å². The van der Waals surface area contributed by atoms with Crippen LogP contribution in [-0.4, -0.2) is 23.4 Å². The molecule has 0 radical (unpaired) electrons. The summed E-state index contributed by atoms with van der Waals surface area (Å²) in [6, 6.07) is 14.3. The lowest BCUT2D eigenvalue weighted by atomic mass is 10.0. The van der Waals surface area contributed by atoms with Crippen molar-refractivity contribution in [3.8, 4) is 0 Å². The Morgan fingerprint density at radius 2 is 2.10 bits per heavy atom. The van der Waals surface area contributed by atoms with Crippen molar-refractivity contribution in [1.29, 1.82) is 0 Å². The van der Waals surface area contributed by atoms with Crippen LogP contribution in [0.25, 0.3) is 6.08 Å². The van der Waals surface area contributed by atoms with Crippen molar-refractivity contribution in [2.24, 2.45) is 0 Å². The van der Waals surface area contributed by atoms with Gasteiger partial charge < -0.3 is 9.32 Å². The van der Waals surface area contributed by atoms with E-state index in [1.807, 2.05) is 35.2 Å². The third kappa shape index (κ3) is 3.43. The smallest absolute Gasteiger partial charge is 0.246 e. The second-order valence-corrected chi connectivity index (χ2v) is 5.37. The summed E-state index contributed by atoms with van der Waals surface area (Å²) in [7, 11) is 0. The molecule has 2 aromatic rings. The first kappa shape index (κ1) is 13.7. The van der Waals surface area contributed by atoms with Crippen molar-refractivity contribution < 1.29 is 9.21 Å². The zero-order chi connectivity index (χ0) is 14.5. The number of rotatable bonds is 4. The molecule has 0 bridgehead atoms. The molecule has 0 saturated carbocycles. The molecule has 1 unspecified atom stereocenters. The summed E-state index contributed by atoms with van der Waals surface area (Å²) in [5, 5.41) is 0. The predicted molar refractivity (Wildman–Crippen MR) is 82.6 cm³/mol. The van der Waals surface area contributed by atoms with Crippen molar-refractivity contribution in [2.75, 3.05) is 6.54 Å². The van der Waals surface area contributed by atoms with Crippen molar-refractivity contribution in [1.82, 2.24) is 4.90 Å². The molecule has 1 amide bonds. The number of hydrogen-bond acceptors (Lipinski definition) is 2. The molecule has 1 atom stereocenters. The Bertz CT molecular complexity index is 601. The third-order valence-electron chi connectivity index (χ3n) is 3.91. The highest BCUT2D eigenvalue weighted by Gasteiger charge is 2.27. The van der Waals surface area contributed by atoms with Gasteiger partial charge >= 0.3 is 0 Å². The minimum atomic E-state index is 0.0739. The van der Waals surface area contributed by atoms with E-state index >= 15 is 0 Å². The fraction of sp³-hybridized carbons (Fsp3) is 0.278. The molecule has 1 saturated heterocycles. The summed E-state index contributed by atoms with van der Waals surface area (Å²) in [4.78, 5) is 14.3. The average Bonchev–Trinajstić information content (AvgIpc) is 3.17. The van der Waals surface area contributed by atoms with Crippen molar-refractivity contribution >= 4 is 12.0 Å². The molecule has 2 heterocycles. The highest BCUT2D eigenvalue weighted by molar-refractivity contribution is 5.91. The summed E-state index contributed by atoms with van der Waals surface area (Å²) in [5.74, 6) is 0.784. The molecule has 1 aromatic carbocycles. The maximum absolute atomic E-state index is 12.3. The minimum absolute atomic E-state index is 0.0739. The van der Waals surface area contributed by atoms with Gasteiger partial charge in [0.15, 0.2) is 0 Å². The summed E-state index contributed by atoms with van der Waals surface area (Å²) in [6.07, 6.45) is 8.05. The van der Waals surface area contributed by atoms with Crippen LogP contribution in [0.1, 0.15) is 24.2 Å². The number of nitrogens with zero attached hydrogens (tertiary/aromatic N) is 1. The van der Waals surface area contributed by atoms with E-state index in [0.717, 1.165) is 25.8 Å². The number of carbonyl (C=O) groups is 1. The standard InChI is InChI=1S/C18H19NO2/c20-18(11-10-17-9-5-13-21-17)19-12-4-8-16(19)14-15-6-2-1-3-7-15/h1-3,5-7,9-11,13,16H,4,8,12,14H2/b11-10+. The van der Waals surface area contributed by atoms with E-state index in [1.165, 1.54) is 5.56 Å². The zero-order valence-electron chi connectivity index (χ0n) is 11.9. The lowest BCUT2D eigenvalue weighted by Crippen LogP contribution is -2.35. The number of carbonyl (C=O) groups excluding carboxylic acids is 1. The highest BCUT2D eigenvalue weighted by atomic mass is 16.3. The van der Waals surface area contributed by atoms with Gasteiger partial charge in [0.25, 0.3) is 0 Å². The van der Waals surface area contributed by atoms with Crippen molar-refractivity contribution in [3.63, 3.8) is 0 Å². The van der Waals surface area contributed by atoms with Crippen molar-refractivity contribution in [3.05, 3.63) is 66.1 Å². The monoisotopic (exact) mass is 281 g/mol. The average molecular weight is 281 g/mol. The topological polar surface area (TPSA) is 33.5 Å². The second-order valence-electron chi connectivity index (χ2n) is 5.37. The van der Waals surface area contributed by atoms with Crippen LogP contribution < -0.4 is 0 Å². The zero-order valence-corrected chi connectivity index (χ0v) is 11.9. The van der Waals surface area contributed by atoms with Gasteiger partial charge in [-0.25, -0.2) is 0 Å². The molecular formula is C18H19NO2. The number of benzene rings is 1. The maximum Gasteiger partial charge on any atom is 0.246 e. The van der Waals surface area contributed by atoms with Gasteiger partial charge in [-0.1, -0.05) is 30.3 Å². The van der Waals surface area contributed by atoms with Crippen LogP contribution in [0.3, 0.4) is 0 Å². The van der Waals surface area contributed by atoms with E-state index in [4.69, 9.17) is 4.42 Å². The molecule has 3 nitrogen and oxygen atoms in total. The van der Waals surface area contributed by atoms with Crippen molar-refractivity contribution in [2.45, 2.75) is 25.3 Å². The van der Waals surface area contributed by atoms with Gasteiger partial charge in [-0.3, -0.25) is 4.79 Å².